The van der Waals surface area contributed by atoms with Crippen molar-refractivity contribution in [3.63, 3.8) is 0 Å². The number of hydrogen-bond donors (Lipinski definition) is 2. The second-order valence-corrected chi connectivity index (χ2v) is 6.93. The van der Waals surface area contributed by atoms with E-state index in [2.05, 4.69) is 15.4 Å². The normalized spacial score (nSPS) is 12.0. The second kappa shape index (κ2) is 4.99. The van der Waals surface area contributed by atoms with Gasteiger partial charge in [0, 0.05) is 11.1 Å². The molecule has 4 nitrogen and oxygen atoms in total. The number of nitrogens with one attached hydrogen (secondary N) is 1. The van der Waals surface area contributed by atoms with E-state index >= 15 is 0 Å². The van der Waals surface area contributed by atoms with Crippen molar-refractivity contribution in [2.24, 2.45) is 0 Å². The number of aromatic amines is 1. The Kier molecular flexibility index (Phi) is 3.37. The van der Waals surface area contributed by atoms with Gasteiger partial charge < -0.3 is 5.11 Å². The summed E-state index contributed by atoms with van der Waals surface area (Å²) in [5.41, 5.74) is 4.68. The Labute approximate surface area is 134 Å². The van der Waals surface area contributed by atoms with Crippen LogP contribution in [0.1, 0.15) is 31.9 Å². The molecule has 1 heterocycles. The maximum absolute atomic E-state index is 10.8. The van der Waals surface area contributed by atoms with E-state index in [0.29, 0.717) is 5.02 Å². The molecule has 0 aliphatic rings. The number of phenolic OH excluding ortho intramolecular Hbond substituents is 1. The zero-order valence-electron chi connectivity index (χ0n) is 13.0. The van der Waals surface area contributed by atoms with Crippen LogP contribution in [0.3, 0.4) is 0 Å². The first-order valence-electron chi connectivity index (χ1n) is 7.12. The number of aromatic nitrogens is 3. The van der Waals surface area contributed by atoms with Gasteiger partial charge in [-0.05, 0) is 41.7 Å². The maximum atomic E-state index is 10.8. The van der Waals surface area contributed by atoms with Gasteiger partial charge in [-0.15, -0.1) is 0 Å². The Morgan fingerprint density at radius 2 is 1.77 bits per heavy atom. The minimum atomic E-state index is -0.250. The molecule has 0 aliphatic carbocycles. The van der Waals surface area contributed by atoms with Crippen molar-refractivity contribution < 1.29 is 5.11 Å². The van der Waals surface area contributed by atoms with E-state index in [-0.39, 0.29) is 11.2 Å². The molecule has 0 amide bonds. The Balaban J connectivity index is 2.28. The van der Waals surface area contributed by atoms with Crippen LogP contribution in [0, 0.1) is 6.92 Å². The minimum Gasteiger partial charge on any atom is -0.507 e. The highest BCUT2D eigenvalue weighted by Crippen LogP contribution is 2.44. The molecule has 1 aromatic heterocycles. The van der Waals surface area contributed by atoms with Gasteiger partial charge in [0.1, 0.15) is 16.8 Å². The molecular weight excluding hydrogens is 298 g/mol. The van der Waals surface area contributed by atoms with Gasteiger partial charge >= 0.3 is 0 Å². The van der Waals surface area contributed by atoms with E-state index in [9.17, 15) is 5.11 Å². The zero-order valence-corrected chi connectivity index (χ0v) is 13.8. The molecule has 0 radical (unpaired) electrons. The van der Waals surface area contributed by atoms with Crippen molar-refractivity contribution in [2.45, 2.75) is 33.1 Å². The number of phenols is 1. The SMILES string of the molecule is Cc1cc(-c2ccc3n[nH]nc3c2)c(O)c(C(C)(C)C)c1Cl. The third kappa shape index (κ3) is 2.33. The first kappa shape index (κ1) is 14.9. The molecule has 2 aromatic carbocycles. The monoisotopic (exact) mass is 315 g/mol. The molecule has 0 unspecified atom stereocenters. The lowest BCUT2D eigenvalue weighted by Crippen LogP contribution is -2.13. The van der Waals surface area contributed by atoms with Crippen LogP contribution in [0.25, 0.3) is 22.2 Å². The summed E-state index contributed by atoms with van der Waals surface area (Å²) < 4.78 is 0. The van der Waals surface area contributed by atoms with Crippen LogP contribution >= 0.6 is 11.6 Å². The fourth-order valence-corrected chi connectivity index (χ4v) is 3.12. The van der Waals surface area contributed by atoms with Gasteiger partial charge in [0.15, 0.2) is 0 Å². The smallest absolute Gasteiger partial charge is 0.128 e. The van der Waals surface area contributed by atoms with E-state index < -0.39 is 0 Å². The average Bonchev–Trinajstić information content (AvgIpc) is 2.88. The van der Waals surface area contributed by atoms with E-state index in [1.807, 2.05) is 52.0 Å². The van der Waals surface area contributed by atoms with Gasteiger partial charge in [-0.1, -0.05) is 38.4 Å². The zero-order chi connectivity index (χ0) is 16.1. The first-order chi connectivity index (χ1) is 10.3. The summed E-state index contributed by atoms with van der Waals surface area (Å²) in [6.45, 7) is 8.07. The number of hydrogen-bond acceptors (Lipinski definition) is 3. The Morgan fingerprint density at radius 1 is 1.09 bits per heavy atom. The predicted octanol–water partition coefficient (Wildman–Crippen LogP) is 4.59. The number of aromatic hydroxyl groups is 1. The molecule has 5 heteroatoms. The highest BCUT2D eigenvalue weighted by Gasteiger charge is 2.25. The number of aryl methyl sites for hydroxylation is 1. The Bertz CT molecular complexity index is 862. The molecule has 0 spiro atoms. The number of rotatable bonds is 1. The molecule has 0 atom stereocenters. The average molecular weight is 316 g/mol. The summed E-state index contributed by atoms with van der Waals surface area (Å²) in [7, 11) is 0. The van der Waals surface area contributed by atoms with Crippen LogP contribution < -0.4 is 0 Å². The molecular formula is C17H18ClN3O. The standard InChI is InChI=1S/C17H18ClN3O/c1-9-7-11(16(22)14(15(9)18)17(2,3)4)10-5-6-12-13(8-10)20-21-19-12/h5-8,22H,1-4H3,(H,19,20,21). The van der Waals surface area contributed by atoms with Gasteiger partial charge in [0.2, 0.25) is 0 Å². The first-order valence-corrected chi connectivity index (χ1v) is 7.50. The van der Waals surface area contributed by atoms with Crippen LogP contribution in [-0.4, -0.2) is 20.5 Å². The fraction of sp³-hybridized carbons (Fsp3) is 0.294. The summed E-state index contributed by atoms with van der Waals surface area (Å²) in [6.07, 6.45) is 0. The highest BCUT2D eigenvalue weighted by atomic mass is 35.5. The number of fused-ring (bicyclic) bond motifs is 1. The minimum absolute atomic E-state index is 0.228. The molecule has 0 saturated carbocycles. The summed E-state index contributed by atoms with van der Waals surface area (Å²) in [5, 5.41) is 22.1. The van der Waals surface area contributed by atoms with Crippen molar-refractivity contribution in [3.05, 3.63) is 40.4 Å². The molecule has 22 heavy (non-hydrogen) atoms. The van der Waals surface area contributed by atoms with Crippen LogP contribution in [0.15, 0.2) is 24.3 Å². The highest BCUT2D eigenvalue weighted by molar-refractivity contribution is 6.32. The van der Waals surface area contributed by atoms with Crippen LogP contribution in [-0.2, 0) is 5.41 Å². The van der Waals surface area contributed by atoms with Crippen LogP contribution in [0.4, 0.5) is 0 Å². The van der Waals surface area contributed by atoms with E-state index in [0.717, 1.165) is 33.3 Å². The molecule has 3 rings (SSSR count). The lowest BCUT2D eigenvalue weighted by Gasteiger charge is -2.25. The Morgan fingerprint density at radius 3 is 2.45 bits per heavy atom. The number of benzene rings is 2. The molecule has 0 fully saturated rings. The van der Waals surface area contributed by atoms with Gasteiger partial charge in [-0.3, -0.25) is 0 Å². The lowest BCUT2D eigenvalue weighted by molar-refractivity contribution is 0.448. The van der Waals surface area contributed by atoms with Gasteiger partial charge in [-0.25, -0.2) is 0 Å². The van der Waals surface area contributed by atoms with Crippen molar-refractivity contribution in [1.29, 1.82) is 0 Å². The van der Waals surface area contributed by atoms with Crippen LogP contribution in [0.5, 0.6) is 5.75 Å². The second-order valence-electron chi connectivity index (χ2n) is 6.56. The summed E-state index contributed by atoms with van der Waals surface area (Å²) in [6, 6.07) is 7.63. The lowest BCUT2D eigenvalue weighted by atomic mass is 9.83. The molecule has 2 N–H and O–H groups in total. The summed E-state index contributed by atoms with van der Waals surface area (Å²) in [4.78, 5) is 0. The third-order valence-electron chi connectivity index (χ3n) is 3.80. The van der Waals surface area contributed by atoms with Crippen molar-refractivity contribution >= 4 is 22.6 Å². The van der Waals surface area contributed by atoms with Crippen molar-refractivity contribution in [2.75, 3.05) is 0 Å². The van der Waals surface area contributed by atoms with E-state index in [1.54, 1.807) is 0 Å². The number of nitrogens with zero attached hydrogens (tertiary/aromatic N) is 2. The Hall–Kier alpha value is -2.07. The summed E-state index contributed by atoms with van der Waals surface area (Å²) in [5.74, 6) is 0.228. The van der Waals surface area contributed by atoms with Gasteiger partial charge in [-0.2, -0.15) is 15.4 Å². The molecule has 0 aliphatic heterocycles. The number of halogens is 1. The quantitative estimate of drug-likeness (QED) is 0.690. The van der Waals surface area contributed by atoms with E-state index in [4.69, 9.17) is 11.6 Å². The predicted molar refractivity (Wildman–Crippen MR) is 89.4 cm³/mol. The summed E-state index contributed by atoms with van der Waals surface area (Å²) >= 11 is 6.43. The van der Waals surface area contributed by atoms with E-state index in [1.165, 1.54) is 0 Å². The van der Waals surface area contributed by atoms with Crippen LogP contribution in [0.2, 0.25) is 5.02 Å². The van der Waals surface area contributed by atoms with Crippen molar-refractivity contribution in [1.82, 2.24) is 15.4 Å². The molecule has 0 bridgehead atoms. The van der Waals surface area contributed by atoms with Gasteiger partial charge in [0.25, 0.3) is 0 Å². The topological polar surface area (TPSA) is 61.8 Å². The molecule has 0 saturated heterocycles. The molecule has 3 aromatic rings. The largest absolute Gasteiger partial charge is 0.507 e. The number of H-pyrrole nitrogens is 1. The maximum Gasteiger partial charge on any atom is 0.128 e. The van der Waals surface area contributed by atoms with Gasteiger partial charge in [0.05, 0.1) is 5.02 Å². The fourth-order valence-electron chi connectivity index (χ4n) is 2.70. The molecule has 114 valence electrons. The van der Waals surface area contributed by atoms with Crippen molar-refractivity contribution in [3.8, 4) is 16.9 Å². The third-order valence-corrected chi connectivity index (χ3v) is 4.28.